The highest BCUT2D eigenvalue weighted by Crippen LogP contribution is 2.33. The third kappa shape index (κ3) is 7.46. The smallest absolute Gasteiger partial charge is 0.410 e. The molecule has 1 aromatic carbocycles. The fraction of sp³-hybridized carbons (Fsp3) is 0.556. The van der Waals surface area contributed by atoms with Crippen LogP contribution in [0.2, 0.25) is 0 Å². The highest BCUT2D eigenvalue weighted by atomic mass is 16.6. The summed E-state index contributed by atoms with van der Waals surface area (Å²) in [5.41, 5.74) is 1.33. The third-order valence-corrected chi connectivity index (χ3v) is 6.29. The average Bonchev–Trinajstić information content (AvgIpc) is 2.85. The van der Waals surface area contributed by atoms with Crippen LogP contribution < -0.4 is 15.1 Å². The first-order valence-corrected chi connectivity index (χ1v) is 12.5. The largest absolute Gasteiger partial charge is 0.444 e. The van der Waals surface area contributed by atoms with Gasteiger partial charge in [-0.05, 0) is 52.2 Å². The van der Waals surface area contributed by atoms with Crippen molar-refractivity contribution >= 4 is 35.7 Å². The number of imide groups is 1. The van der Waals surface area contributed by atoms with Gasteiger partial charge in [0.25, 0.3) is 0 Å². The lowest BCUT2D eigenvalue weighted by atomic mass is 10.0. The van der Waals surface area contributed by atoms with Crippen LogP contribution in [0.25, 0.3) is 0 Å². The second kappa shape index (κ2) is 12.1. The van der Waals surface area contributed by atoms with Crippen molar-refractivity contribution in [3.05, 3.63) is 23.8 Å². The van der Waals surface area contributed by atoms with Crippen molar-refractivity contribution in [1.82, 2.24) is 10.2 Å². The van der Waals surface area contributed by atoms with Gasteiger partial charge in [0.1, 0.15) is 18.2 Å². The molecule has 0 aromatic heterocycles. The minimum absolute atomic E-state index is 0.00454. The average molecular weight is 513 g/mol. The summed E-state index contributed by atoms with van der Waals surface area (Å²) >= 11 is 0. The van der Waals surface area contributed by atoms with Crippen molar-refractivity contribution in [1.29, 1.82) is 0 Å². The molecule has 10 nitrogen and oxygen atoms in total. The number of likely N-dealkylation sites (N-methyl/N-ethyl adjacent to an activating group) is 1. The Balaban J connectivity index is 1.64. The van der Waals surface area contributed by atoms with Gasteiger partial charge in [-0.3, -0.25) is 19.7 Å². The van der Waals surface area contributed by atoms with Crippen LogP contribution in [0.1, 0.15) is 52.0 Å². The Labute approximate surface area is 218 Å². The van der Waals surface area contributed by atoms with Crippen LogP contribution in [-0.2, 0) is 23.9 Å². The van der Waals surface area contributed by atoms with E-state index in [4.69, 9.17) is 9.47 Å². The van der Waals surface area contributed by atoms with E-state index in [1.54, 1.807) is 23.9 Å². The van der Waals surface area contributed by atoms with Crippen molar-refractivity contribution in [3.63, 3.8) is 0 Å². The summed E-state index contributed by atoms with van der Waals surface area (Å²) in [6.45, 7) is 6.88. The summed E-state index contributed by atoms with van der Waals surface area (Å²) in [5.74, 6) is 5.48. The maximum absolute atomic E-state index is 12.4. The van der Waals surface area contributed by atoms with E-state index in [1.165, 1.54) is 4.90 Å². The van der Waals surface area contributed by atoms with Gasteiger partial charge in [-0.2, -0.15) is 0 Å². The van der Waals surface area contributed by atoms with Gasteiger partial charge in [-0.1, -0.05) is 17.9 Å². The number of rotatable bonds is 6. The molecule has 0 saturated carbocycles. The van der Waals surface area contributed by atoms with E-state index in [2.05, 4.69) is 17.2 Å². The van der Waals surface area contributed by atoms with Gasteiger partial charge in [0.2, 0.25) is 18.2 Å². The second-order valence-electron chi connectivity index (χ2n) is 10.2. The Morgan fingerprint density at radius 2 is 1.89 bits per heavy atom. The van der Waals surface area contributed by atoms with Gasteiger partial charge < -0.3 is 24.2 Å². The molecule has 2 aliphatic rings. The molecule has 0 radical (unpaired) electrons. The molecule has 1 atom stereocenters. The Hall–Kier alpha value is -3.58. The van der Waals surface area contributed by atoms with E-state index < -0.39 is 11.6 Å². The number of piperidine rings is 2. The molecule has 3 rings (SSSR count). The van der Waals surface area contributed by atoms with E-state index in [9.17, 15) is 19.2 Å². The number of para-hydroxylation sites is 1. The number of ether oxygens (including phenoxy) is 2. The normalized spacial score (nSPS) is 18.4. The van der Waals surface area contributed by atoms with Crippen molar-refractivity contribution in [2.24, 2.45) is 0 Å². The predicted octanol–water partition coefficient (Wildman–Crippen LogP) is 2.29. The molecule has 2 aliphatic heterocycles. The molecule has 2 saturated heterocycles. The number of carbonyl (C=O) groups is 4. The number of nitrogens with zero attached hydrogens (tertiary/aromatic N) is 3. The van der Waals surface area contributed by atoms with Crippen LogP contribution in [0.5, 0.6) is 0 Å². The van der Waals surface area contributed by atoms with Crippen LogP contribution in [-0.4, -0.2) is 80.8 Å². The fourth-order valence-corrected chi connectivity index (χ4v) is 4.38. The minimum Gasteiger partial charge on any atom is -0.444 e. The van der Waals surface area contributed by atoms with Crippen LogP contribution in [0.15, 0.2) is 18.2 Å². The lowest BCUT2D eigenvalue weighted by Crippen LogP contribution is -2.51. The summed E-state index contributed by atoms with van der Waals surface area (Å²) < 4.78 is 11.4. The molecular formula is C27H36N4O6. The molecular weight excluding hydrogens is 476 g/mol. The number of benzene rings is 1. The van der Waals surface area contributed by atoms with Crippen molar-refractivity contribution < 1.29 is 28.7 Å². The Morgan fingerprint density at radius 1 is 1.19 bits per heavy atom. The lowest BCUT2D eigenvalue weighted by Gasteiger charge is -2.34. The Morgan fingerprint density at radius 3 is 2.51 bits per heavy atom. The second-order valence-corrected chi connectivity index (χ2v) is 10.2. The van der Waals surface area contributed by atoms with E-state index in [-0.39, 0.29) is 37.0 Å². The maximum Gasteiger partial charge on any atom is 0.410 e. The SMILES string of the molecule is CN(C=O)c1c(C#CCOC2CCN(C(=O)OC(C)(C)C)CC2)cccc1N(C)C1CCC(=O)NC1=O. The molecule has 10 heteroatoms. The molecule has 0 bridgehead atoms. The number of hydrogen-bond donors (Lipinski definition) is 1. The number of carbonyl (C=O) groups excluding carboxylic acids is 4. The predicted molar refractivity (Wildman–Crippen MR) is 139 cm³/mol. The van der Waals surface area contributed by atoms with Crippen LogP contribution >= 0.6 is 0 Å². The summed E-state index contributed by atoms with van der Waals surface area (Å²) in [5, 5.41) is 2.37. The molecule has 37 heavy (non-hydrogen) atoms. The van der Waals surface area contributed by atoms with Gasteiger partial charge in [-0.25, -0.2) is 4.79 Å². The first kappa shape index (κ1) is 28.0. The lowest BCUT2D eigenvalue weighted by molar-refractivity contribution is -0.134. The highest BCUT2D eigenvalue weighted by Gasteiger charge is 2.32. The molecule has 4 amide bonds. The molecule has 2 fully saturated rings. The van der Waals surface area contributed by atoms with Crippen molar-refractivity contribution in [3.8, 4) is 11.8 Å². The number of amides is 4. The van der Waals surface area contributed by atoms with E-state index >= 15 is 0 Å². The number of likely N-dealkylation sites (tertiary alicyclic amines) is 1. The highest BCUT2D eigenvalue weighted by molar-refractivity contribution is 6.02. The maximum atomic E-state index is 12.4. The van der Waals surface area contributed by atoms with E-state index in [0.29, 0.717) is 55.7 Å². The molecule has 0 spiro atoms. The van der Waals surface area contributed by atoms with Gasteiger partial charge >= 0.3 is 6.09 Å². The first-order valence-electron chi connectivity index (χ1n) is 12.5. The standard InChI is InChI=1S/C27H36N4O6/c1-27(2,3)37-26(35)31-15-13-20(14-16-31)36-17-7-9-19-8-6-10-21(24(19)29(4)18-32)30(5)22-11-12-23(33)28-25(22)34/h6,8,10,18,20,22H,11-17H2,1-5H3,(H,28,33,34). The monoisotopic (exact) mass is 512 g/mol. The van der Waals surface area contributed by atoms with Crippen LogP contribution in [0.3, 0.4) is 0 Å². The quantitative estimate of drug-likeness (QED) is 0.354. The van der Waals surface area contributed by atoms with Crippen LogP contribution in [0, 0.1) is 11.8 Å². The molecule has 200 valence electrons. The zero-order valence-electron chi connectivity index (χ0n) is 22.2. The van der Waals surface area contributed by atoms with Crippen molar-refractivity contribution in [2.75, 3.05) is 43.6 Å². The summed E-state index contributed by atoms with van der Waals surface area (Å²) in [4.78, 5) is 52.8. The minimum atomic E-state index is -0.533. The summed E-state index contributed by atoms with van der Waals surface area (Å²) in [6.07, 6.45) is 2.43. The zero-order chi connectivity index (χ0) is 27.2. The molecule has 0 aliphatic carbocycles. The van der Waals surface area contributed by atoms with Crippen LogP contribution in [0.4, 0.5) is 16.2 Å². The Kier molecular flexibility index (Phi) is 9.16. The van der Waals surface area contributed by atoms with E-state index in [1.807, 2.05) is 39.0 Å². The van der Waals surface area contributed by atoms with Crippen molar-refractivity contribution in [2.45, 2.75) is 64.2 Å². The topological polar surface area (TPSA) is 108 Å². The summed E-state index contributed by atoms with van der Waals surface area (Å²) in [7, 11) is 3.39. The number of nitrogens with one attached hydrogen (secondary N) is 1. The molecule has 1 unspecified atom stereocenters. The molecule has 2 heterocycles. The zero-order valence-corrected chi connectivity index (χ0v) is 22.2. The van der Waals surface area contributed by atoms with Gasteiger partial charge in [0.05, 0.1) is 23.0 Å². The molecule has 1 N–H and O–H groups in total. The van der Waals surface area contributed by atoms with Gasteiger partial charge in [-0.15, -0.1) is 0 Å². The summed E-state index contributed by atoms with van der Waals surface area (Å²) in [6, 6.07) is 4.91. The third-order valence-electron chi connectivity index (χ3n) is 6.29. The van der Waals surface area contributed by atoms with Gasteiger partial charge in [0.15, 0.2) is 0 Å². The fourth-order valence-electron chi connectivity index (χ4n) is 4.38. The number of hydrogen-bond acceptors (Lipinski definition) is 7. The van der Waals surface area contributed by atoms with Gasteiger partial charge in [0, 0.05) is 33.6 Å². The molecule has 1 aromatic rings. The Bertz CT molecular complexity index is 1080. The van der Waals surface area contributed by atoms with E-state index in [0.717, 1.165) is 0 Å². The number of anilines is 2. The first-order chi connectivity index (χ1) is 17.5.